The Morgan fingerprint density at radius 3 is 2.39 bits per heavy atom. The molecule has 0 amide bonds. The van der Waals surface area contributed by atoms with Crippen LogP contribution in [0.25, 0.3) is 6.08 Å². The number of hydrogen-bond acceptors (Lipinski definition) is 6. The number of rotatable bonds is 6. The van der Waals surface area contributed by atoms with Crippen LogP contribution in [0.5, 0.6) is 17.2 Å². The number of aliphatic imine (C=N–C) groups is 1. The Labute approximate surface area is 160 Å². The molecular formula is C20H17F2NO5. The van der Waals surface area contributed by atoms with Crippen molar-refractivity contribution in [2.24, 2.45) is 4.99 Å². The third-order valence-corrected chi connectivity index (χ3v) is 3.97. The Bertz CT molecular complexity index is 969. The number of carbonyl (C=O) groups excluding carboxylic acids is 1. The number of alkyl halides is 2. The van der Waals surface area contributed by atoms with Crippen LogP contribution in [0.4, 0.5) is 8.78 Å². The number of hydrogen-bond donors (Lipinski definition) is 0. The van der Waals surface area contributed by atoms with Gasteiger partial charge in [0.15, 0.2) is 17.2 Å². The van der Waals surface area contributed by atoms with Crippen molar-refractivity contribution in [1.29, 1.82) is 0 Å². The number of esters is 1. The molecule has 3 rings (SSSR count). The van der Waals surface area contributed by atoms with Gasteiger partial charge in [-0.05, 0) is 54.5 Å². The topological polar surface area (TPSA) is 66.3 Å². The number of nitrogens with zero attached hydrogens (tertiary/aromatic N) is 1. The number of aryl methyl sites for hydroxylation is 1. The first-order valence-corrected chi connectivity index (χ1v) is 8.21. The smallest absolute Gasteiger partial charge is 0.387 e. The summed E-state index contributed by atoms with van der Waals surface area (Å²) in [4.78, 5) is 16.4. The largest absolute Gasteiger partial charge is 0.496 e. The summed E-state index contributed by atoms with van der Waals surface area (Å²) < 4.78 is 44.7. The monoisotopic (exact) mass is 389 g/mol. The number of ether oxygens (including phenoxy) is 4. The molecule has 6 nitrogen and oxygen atoms in total. The average Bonchev–Trinajstić information content (AvgIpc) is 3.02. The minimum Gasteiger partial charge on any atom is -0.496 e. The van der Waals surface area contributed by atoms with Crippen molar-refractivity contribution in [3.8, 4) is 17.2 Å². The molecule has 2 aromatic rings. The average molecular weight is 389 g/mol. The van der Waals surface area contributed by atoms with E-state index in [-0.39, 0.29) is 23.1 Å². The fourth-order valence-electron chi connectivity index (χ4n) is 2.68. The highest BCUT2D eigenvalue weighted by atomic mass is 19.3. The maximum Gasteiger partial charge on any atom is 0.387 e. The van der Waals surface area contributed by atoms with E-state index in [1.807, 2.05) is 13.0 Å². The molecule has 1 heterocycles. The highest BCUT2D eigenvalue weighted by Gasteiger charge is 2.25. The van der Waals surface area contributed by atoms with Crippen molar-refractivity contribution >= 4 is 17.9 Å². The van der Waals surface area contributed by atoms with Gasteiger partial charge in [-0.1, -0.05) is 6.07 Å². The number of carbonyl (C=O) groups is 1. The molecule has 0 atom stereocenters. The van der Waals surface area contributed by atoms with Crippen molar-refractivity contribution in [2.75, 3.05) is 14.2 Å². The lowest BCUT2D eigenvalue weighted by Crippen LogP contribution is -2.07. The first kappa shape index (κ1) is 19.3. The maximum absolute atomic E-state index is 12.4. The molecule has 0 fully saturated rings. The first-order chi connectivity index (χ1) is 13.4. The van der Waals surface area contributed by atoms with Gasteiger partial charge < -0.3 is 18.9 Å². The van der Waals surface area contributed by atoms with Crippen molar-refractivity contribution in [2.45, 2.75) is 13.5 Å². The second-order valence-electron chi connectivity index (χ2n) is 5.81. The van der Waals surface area contributed by atoms with Crippen molar-refractivity contribution in [1.82, 2.24) is 0 Å². The van der Waals surface area contributed by atoms with Crippen LogP contribution < -0.4 is 14.2 Å². The van der Waals surface area contributed by atoms with Gasteiger partial charge in [-0.3, -0.25) is 0 Å². The molecular weight excluding hydrogens is 372 g/mol. The summed E-state index contributed by atoms with van der Waals surface area (Å²) in [5, 5.41) is 0. The van der Waals surface area contributed by atoms with Crippen LogP contribution in [0.3, 0.4) is 0 Å². The zero-order valence-corrected chi connectivity index (χ0v) is 15.4. The number of halogens is 2. The Kier molecular flexibility index (Phi) is 5.58. The van der Waals surface area contributed by atoms with E-state index in [0.717, 1.165) is 16.9 Å². The molecule has 0 aromatic heterocycles. The van der Waals surface area contributed by atoms with Crippen LogP contribution >= 0.6 is 0 Å². The summed E-state index contributed by atoms with van der Waals surface area (Å²) in [6.45, 7) is -1.10. The van der Waals surface area contributed by atoms with Gasteiger partial charge in [-0.2, -0.15) is 8.78 Å². The zero-order chi connectivity index (χ0) is 20.3. The molecule has 0 saturated heterocycles. The Hall–Kier alpha value is -3.42. The van der Waals surface area contributed by atoms with Gasteiger partial charge >= 0.3 is 12.6 Å². The predicted octanol–water partition coefficient (Wildman–Crippen LogP) is 3.96. The van der Waals surface area contributed by atoms with Crippen LogP contribution in [-0.4, -0.2) is 32.7 Å². The van der Waals surface area contributed by atoms with E-state index in [0.29, 0.717) is 5.56 Å². The van der Waals surface area contributed by atoms with Crippen LogP contribution in [-0.2, 0) is 9.53 Å². The Morgan fingerprint density at radius 1 is 1.04 bits per heavy atom. The fourth-order valence-corrected chi connectivity index (χ4v) is 2.68. The quantitative estimate of drug-likeness (QED) is 0.553. The summed E-state index contributed by atoms with van der Waals surface area (Å²) in [5.74, 6) is 0.104. The first-order valence-electron chi connectivity index (χ1n) is 8.21. The number of cyclic esters (lactones) is 1. The highest BCUT2D eigenvalue weighted by Crippen LogP contribution is 2.31. The summed E-state index contributed by atoms with van der Waals surface area (Å²) in [7, 11) is 2.90. The normalized spacial score (nSPS) is 14.9. The van der Waals surface area contributed by atoms with Gasteiger partial charge in [0, 0.05) is 5.56 Å². The zero-order valence-electron chi connectivity index (χ0n) is 15.4. The molecule has 146 valence electrons. The van der Waals surface area contributed by atoms with Gasteiger partial charge in [0.05, 0.1) is 14.2 Å². The van der Waals surface area contributed by atoms with E-state index in [2.05, 4.69) is 9.73 Å². The molecule has 2 aromatic carbocycles. The Morgan fingerprint density at radius 2 is 1.75 bits per heavy atom. The standard InChI is InChI=1S/C20H17F2NO5/c1-11-8-12(4-6-15(11)25-2)9-14-19(24)28-18(23-14)13-5-7-16(27-20(21)22)17(10-13)26-3/h4-10,20H,1-3H3/b14-9-. The van der Waals surface area contributed by atoms with E-state index in [9.17, 15) is 13.6 Å². The summed E-state index contributed by atoms with van der Waals surface area (Å²) in [6, 6.07) is 9.59. The fraction of sp³-hybridized carbons (Fsp3) is 0.200. The molecule has 8 heteroatoms. The molecule has 0 spiro atoms. The van der Waals surface area contributed by atoms with Gasteiger partial charge in [0.2, 0.25) is 5.90 Å². The summed E-state index contributed by atoms with van der Waals surface area (Å²) in [5.41, 5.74) is 2.17. The number of benzene rings is 2. The molecule has 1 aliphatic heterocycles. The second kappa shape index (κ2) is 8.08. The summed E-state index contributed by atoms with van der Waals surface area (Å²) in [6.07, 6.45) is 1.59. The van der Waals surface area contributed by atoms with Crippen molar-refractivity contribution in [3.05, 3.63) is 58.8 Å². The van der Waals surface area contributed by atoms with E-state index in [4.69, 9.17) is 14.2 Å². The molecule has 0 unspecified atom stereocenters. The van der Waals surface area contributed by atoms with Crippen molar-refractivity contribution in [3.63, 3.8) is 0 Å². The third-order valence-electron chi connectivity index (χ3n) is 3.97. The van der Waals surface area contributed by atoms with Gasteiger partial charge in [-0.15, -0.1) is 0 Å². The highest BCUT2D eigenvalue weighted by molar-refractivity contribution is 6.13. The second-order valence-corrected chi connectivity index (χ2v) is 5.81. The third kappa shape index (κ3) is 4.11. The van der Waals surface area contributed by atoms with Gasteiger partial charge in [0.25, 0.3) is 0 Å². The molecule has 28 heavy (non-hydrogen) atoms. The van der Waals surface area contributed by atoms with E-state index < -0.39 is 12.6 Å². The lowest BCUT2D eigenvalue weighted by Gasteiger charge is -2.10. The minimum atomic E-state index is -2.98. The van der Waals surface area contributed by atoms with Gasteiger partial charge in [-0.25, -0.2) is 9.79 Å². The van der Waals surface area contributed by atoms with E-state index in [1.165, 1.54) is 25.3 Å². The molecule has 0 saturated carbocycles. The van der Waals surface area contributed by atoms with Crippen LogP contribution in [0.15, 0.2) is 47.1 Å². The summed E-state index contributed by atoms with van der Waals surface area (Å²) >= 11 is 0. The van der Waals surface area contributed by atoms with Crippen molar-refractivity contribution < 1.29 is 32.5 Å². The van der Waals surface area contributed by atoms with Crippen LogP contribution in [0.2, 0.25) is 0 Å². The SMILES string of the molecule is COc1ccc(/C=C2\N=C(c3ccc(OC(F)F)c(OC)c3)OC2=O)cc1C. The minimum absolute atomic E-state index is 0.0448. The lowest BCUT2D eigenvalue weighted by atomic mass is 10.1. The van der Waals surface area contributed by atoms with Crippen LogP contribution in [0, 0.1) is 6.92 Å². The molecule has 0 aliphatic carbocycles. The lowest BCUT2D eigenvalue weighted by molar-refractivity contribution is -0.129. The maximum atomic E-state index is 12.4. The Balaban J connectivity index is 1.90. The van der Waals surface area contributed by atoms with E-state index >= 15 is 0 Å². The molecule has 0 N–H and O–H groups in total. The number of methoxy groups -OCH3 is 2. The predicted molar refractivity (Wildman–Crippen MR) is 98.0 cm³/mol. The van der Waals surface area contributed by atoms with E-state index in [1.54, 1.807) is 25.3 Å². The van der Waals surface area contributed by atoms with Gasteiger partial charge in [0.1, 0.15) is 5.75 Å². The molecule has 0 radical (unpaired) electrons. The molecule has 1 aliphatic rings. The molecule has 0 bridgehead atoms. The van der Waals surface area contributed by atoms with Crippen LogP contribution in [0.1, 0.15) is 16.7 Å².